The first kappa shape index (κ1) is 16.6. The molecule has 0 saturated heterocycles. The Balaban J connectivity index is 1.94. The molecule has 5 heteroatoms. The largest absolute Gasteiger partial charge is 0.350 e. The maximum absolute atomic E-state index is 12.0. The molecule has 0 aliphatic heterocycles. The average Bonchev–Trinajstić information content (AvgIpc) is 2.52. The number of carbonyl (C=O) groups is 1. The SMILES string of the molecule is CC(C)c1ccc(C(N)CNC(=O)c2cncc(Br)c2)cc1. The van der Waals surface area contributed by atoms with Crippen molar-refractivity contribution in [2.75, 3.05) is 6.54 Å². The molecule has 22 heavy (non-hydrogen) atoms. The molecule has 0 aliphatic carbocycles. The van der Waals surface area contributed by atoms with Crippen LogP contribution in [0.1, 0.15) is 47.3 Å². The minimum Gasteiger partial charge on any atom is -0.350 e. The second-order valence-electron chi connectivity index (χ2n) is 5.53. The highest BCUT2D eigenvalue weighted by Crippen LogP contribution is 2.17. The van der Waals surface area contributed by atoms with Crippen molar-refractivity contribution >= 4 is 21.8 Å². The van der Waals surface area contributed by atoms with E-state index in [2.05, 4.69) is 52.2 Å². The zero-order valence-corrected chi connectivity index (χ0v) is 14.3. The Labute approximate surface area is 139 Å². The third-order valence-electron chi connectivity index (χ3n) is 3.48. The smallest absolute Gasteiger partial charge is 0.252 e. The third-order valence-corrected chi connectivity index (χ3v) is 3.91. The summed E-state index contributed by atoms with van der Waals surface area (Å²) in [5.74, 6) is 0.317. The fourth-order valence-electron chi connectivity index (χ4n) is 2.09. The minimum atomic E-state index is -0.231. The summed E-state index contributed by atoms with van der Waals surface area (Å²) in [5, 5.41) is 2.84. The fourth-order valence-corrected chi connectivity index (χ4v) is 2.45. The number of hydrogen-bond donors (Lipinski definition) is 2. The van der Waals surface area contributed by atoms with E-state index < -0.39 is 0 Å². The number of nitrogens with zero attached hydrogens (tertiary/aromatic N) is 1. The zero-order chi connectivity index (χ0) is 16.1. The molecule has 0 aliphatic rings. The lowest BCUT2D eigenvalue weighted by Crippen LogP contribution is -2.32. The summed E-state index contributed by atoms with van der Waals surface area (Å²) in [7, 11) is 0. The molecule has 1 heterocycles. The summed E-state index contributed by atoms with van der Waals surface area (Å²) in [6.45, 7) is 4.69. The van der Waals surface area contributed by atoms with Crippen molar-refractivity contribution in [2.45, 2.75) is 25.8 Å². The molecule has 1 aromatic heterocycles. The van der Waals surface area contributed by atoms with Gasteiger partial charge in [-0.05, 0) is 39.0 Å². The van der Waals surface area contributed by atoms with Crippen molar-refractivity contribution in [1.82, 2.24) is 10.3 Å². The van der Waals surface area contributed by atoms with E-state index in [0.29, 0.717) is 18.0 Å². The van der Waals surface area contributed by atoms with Gasteiger partial charge in [0.15, 0.2) is 0 Å². The van der Waals surface area contributed by atoms with Crippen molar-refractivity contribution in [3.63, 3.8) is 0 Å². The molecule has 0 radical (unpaired) electrons. The van der Waals surface area contributed by atoms with Crippen molar-refractivity contribution < 1.29 is 4.79 Å². The van der Waals surface area contributed by atoms with Gasteiger partial charge in [0.2, 0.25) is 0 Å². The van der Waals surface area contributed by atoms with Crippen LogP contribution >= 0.6 is 15.9 Å². The Kier molecular flexibility index (Phi) is 5.69. The summed E-state index contributed by atoms with van der Waals surface area (Å²) >= 11 is 3.30. The van der Waals surface area contributed by atoms with Gasteiger partial charge >= 0.3 is 0 Å². The molecular formula is C17H20BrN3O. The predicted octanol–water partition coefficient (Wildman–Crippen LogP) is 3.40. The number of pyridine rings is 1. The number of halogens is 1. The highest BCUT2D eigenvalue weighted by molar-refractivity contribution is 9.10. The molecule has 1 amide bonds. The first-order chi connectivity index (χ1) is 10.5. The number of aromatic nitrogens is 1. The van der Waals surface area contributed by atoms with Crippen LogP contribution in [0, 0.1) is 0 Å². The standard InChI is InChI=1S/C17H20BrN3O/c1-11(2)12-3-5-13(6-4-12)16(19)10-21-17(22)14-7-15(18)9-20-8-14/h3-9,11,16H,10,19H2,1-2H3,(H,21,22). The van der Waals surface area contributed by atoms with Gasteiger partial charge in [-0.1, -0.05) is 38.1 Å². The van der Waals surface area contributed by atoms with Gasteiger partial charge in [-0.15, -0.1) is 0 Å². The van der Waals surface area contributed by atoms with Crippen molar-refractivity contribution in [3.05, 3.63) is 63.9 Å². The quantitative estimate of drug-likeness (QED) is 0.857. The first-order valence-corrected chi connectivity index (χ1v) is 8.01. The van der Waals surface area contributed by atoms with Crippen molar-refractivity contribution in [1.29, 1.82) is 0 Å². The van der Waals surface area contributed by atoms with Gasteiger partial charge in [0.05, 0.1) is 5.56 Å². The lowest BCUT2D eigenvalue weighted by molar-refractivity contribution is 0.0951. The van der Waals surface area contributed by atoms with E-state index in [-0.39, 0.29) is 11.9 Å². The van der Waals surface area contributed by atoms with Gasteiger partial charge in [0.25, 0.3) is 5.91 Å². The number of carbonyl (C=O) groups excluding carboxylic acids is 1. The van der Waals surface area contributed by atoms with Gasteiger partial charge in [-0.3, -0.25) is 9.78 Å². The number of benzene rings is 1. The summed E-state index contributed by atoms with van der Waals surface area (Å²) < 4.78 is 0.772. The topological polar surface area (TPSA) is 68.0 Å². The van der Waals surface area contributed by atoms with E-state index in [1.807, 2.05) is 12.1 Å². The van der Waals surface area contributed by atoms with E-state index in [0.717, 1.165) is 10.0 Å². The highest BCUT2D eigenvalue weighted by Gasteiger charge is 2.11. The molecule has 0 fully saturated rings. The van der Waals surface area contributed by atoms with Gasteiger partial charge in [0.1, 0.15) is 0 Å². The maximum atomic E-state index is 12.0. The summed E-state index contributed by atoms with van der Waals surface area (Å²) in [5.41, 5.74) is 8.94. The highest BCUT2D eigenvalue weighted by atomic mass is 79.9. The van der Waals surface area contributed by atoms with Crippen molar-refractivity contribution in [2.24, 2.45) is 5.73 Å². The Bertz CT molecular complexity index is 641. The Morgan fingerprint density at radius 1 is 1.23 bits per heavy atom. The second kappa shape index (κ2) is 7.51. The third kappa shape index (κ3) is 4.39. The van der Waals surface area contributed by atoms with Crippen LogP contribution in [0.5, 0.6) is 0 Å². The molecule has 3 N–H and O–H groups in total. The Morgan fingerprint density at radius 3 is 2.45 bits per heavy atom. The molecular weight excluding hydrogens is 342 g/mol. The van der Waals surface area contributed by atoms with E-state index in [1.165, 1.54) is 11.8 Å². The lowest BCUT2D eigenvalue weighted by Gasteiger charge is -2.14. The molecule has 2 rings (SSSR count). The lowest BCUT2D eigenvalue weighted by atomic mass is 9.99. The summed E-state index contributed by atoms with van der Waals surface area (Å²) in [6.07, 6.45) is 3.17. The predicted molar refractivity (Wildman–Crippen MR) is 91.7 cm³/mol. The number of nitrogens with one attached hydrogen (secondary N) is 1. The van der Waals surface area contributed by atoms with Crippen LogP contribution in [0.3, 0.4) is 0 Å². The molecule has 116 valence electrons. The van der Waals surface area contributed by atoms with E-state index in [4.69, 9.17) is 5.73 Å². The van der Waals surface area contributed by atoms with E-state index in [1.54, 1.807) is 12.3 Å². The Hall–Kier alpha value is -1.72. The monoisotopic (exact) mass is 361 g/mol. The van der Waals surface area contributed by atoms with E-state index in [9.17, 15) is 4.79 Å². The Morgan fingerprint density at radius 2 is 1.86 bits per heavy atom. The first-order valence-electron chi connectivity index (χ1n) is 7.21. The number of nitrogens with two attached hydrogens (primary N) is 1. The van der Waals surface area contributed by atoms with Crippen LogP contribution in [0.25, 0.3) is 0 Å². The molecule has 2 aromatic rings. The molecule has 1 aromatic carbocycles. The van der Waals surface area contributed by atoms with Gasteiger partial charge in [0, 0.05) is 29.5 Å². The zero-order valence-electron chi connectivity index (χ0n) is 12.7. The fraction of sp³-hybridized carbons (Fsp3) is 0.294. The molecule has 0 bridgehead atoms. The van der Waals surface area contributed by atoms with Gasteiger partial charge in [-0.2, -0.15) is 0 Å². The minimum absolute atomic E-state index is 0.178. The van der Waals surface area contributed by atoms with Crippen LogP contribution in [0.15, 0.2) is 47.2 Å². The maximum Gasteiger partial charge on any atom is 0.252 e. The van der Waals surface area contributed by atoms with Crippen LogP contribution in [0.2, 0.25) is 0 Å². The summed E-state index contributed by atoms with van der Waals surface area (Å²) in [4.78, 5) is 16.0. The number of rotatable bonds is 5. The van der Waals surface area contributed by atoms with Gasteiger partial charge < -0.3 is 11.1 Å². The van der Waals surface area contributed by atoms with Gasteiger partial charge in [-0.25, -0.2) is 0 Å². The molecule has 1 atom stereocenters. The van der Waals surface area contributed by atoms with Crippen LogP contribution in [-0.2, 0) is 0 Å². The van der Waals surface area contributed by atoms with E-state index >= 15 is 0 Å². The normalized spacial score (nSPS) is 12.2. The summed E-state index contributed by atoms with van der Waals surface area (Å²) in [6, 6.07) is 9.70. The molecule has 4 nitrogen and oxygen atoms in total. The second-order valence-corrected chi connectivity index (χ2v) is 6.45. The van der Waals surface area contributed by atoms with Crippen LogP contribution in [-0.4, -0.2) is 17.4 Å². The van der Waals surface area contributed by atoms with Crippen LogP contribution < -0.4 is 11.1 Å². The average molecular weight is 362 g/mol. The number of hydrogen-bond acceptors (Lipinski definition) is 3. The molecule has 0 saturated carbocycles. The van der Waals surface area contributed by atoms with Crippen molar-refractivity contribution in [3.8, 4) is 0 Å². The molecule has 1 unspecified atom stereocenters. The van der Waals surface area contributed by atoms with Crippen LogP contribution in [0.4, 0.5) is 0 Å². The number of amides is 1. The molecule has 0 spiro atoms.